The number of rotatable bonds is 5. The van der Waals surface area contributed by atoms with Crippen molar-refractivity contribution >= 4 is 11.8 Å². The van der Waals surface area contributed by atoms with Gasteiger partial charge in [-0.3, -0.25) is 4.79 Å². The van der Waals surface area contributed by atoms with Gasteiger partial charge in [-0.1, -0.05) is 60.7 Å². The number of hydrogen-bond acceptors (Lipinski definition) is 4. The van der Waals surface area contributed by atoms with Gasteiger partial charge >= 0.3 is 0 Å². The van der Waals surface area contributed by atoms with Crippen molar-refractivity contribution in [3.05, 3.63) is 71.8 Å². The summed E-state index contributed by atoms with van der Waals surface area (Å²) in [6.45, 7) is 6.25. The summed E-state index contributed by atoms with van der Waals surface area (Å²) in [4.78, 5) is 19.6. The fourth-order valence-electron chi connectivity index (χ4n) is 3.53. The Morgan fingerprint density at radius 2 is 1.63 bits per heavy atom. The average Bonchev–Trinajstić information content (AvgIpc) is 2.71. The van der Waals surface area contributed by atoms with E-state index in [0.29, 0.717) is 18.1 Å². The van der Waals surface area contributed by atoms with Gasteiger partial charge in [0.25, 0.3) is 5.91 Å². The maximum absolute atomic E-state index is 13.3. The lowest BCUT2D eigenvalue weighted by atomic mass is 9.96. The number of amides is 1. The molecule has 0 aliphatic carbocycles. The first-order valence-electron chi connectivity index (χ1n) is 9.35. The molecule has 142 valence electrons. The lowest BCUT2D eigenvalue weighted by Gasteiger charge is -2.41. The molecule has 0 spiro atoms. The van der Waals surface area contributed by atoms with Crippen LogP contribution in [0.25, 0.3) is 0 Å². The van der Waals surface area contributed by atoms with E-state index in [9.17, 15) is 9.90 Å². The molecule has 0 saturated heterocycles. The molecule has 0 fully saturated rings. The van der Waals surface area contributed by atoms with Gasteiger partial charge in [0.15, 0.2) is 6.04 Å². The molecular formula is C22H26N2O3. The van der Waals surface area contributed by atoms with Crippen LogP contribution in [0.1, 0.15) is 44.0 Å². The number of nitrogens with zero attached hydrogens (tertiary/aromatic N) is 2. The third kappa shape index (κ3) is 3.88. The summed E-state index contributed by atoms with van der Waals surface area (Å²) in [5.41, 5.74) is 1.70. The Labute approximate surface area is 160 Å². The van der Waals surface area contributed by atoms with Crippen LogP contribution in [0.5, 0.6) is 0 Å². The maximum atomic E-state index is 13.3. The number of benzene rings is 2. The first kappa shape index (κ1) is 19.1. The second-order valence-electron chi connectivity index (χ2n) is 6.71. The molecule has 3 rings (SSSR count). The molecule has 0 aromatic heterocycles. The van der Waals surface area contributed by atoms with Crippen molar-refractivity contribution in [3.8, 4) is 0 Å². The minimum atomic E-state index is -1.02. The molecule has 1 aliphatic rings. The fourth-order valence-corrected chi connectivity index (χ4v) is 3.53. The molecule has 0 unspecified atom stereocenters. The zero-order chi connectivity index (χ0) is 19.4. The van der Waals surface area contributed by atoms with Crippen LogP contribution in [-0.4, -0.2) is 40.5 Å². The van der Waals surface area contributed by atoms with Gasteiger partial charge in [0.1, 0.15) is 12.1 Å². The Bertz CT molecular complexity index is 792. The zero-order valence-electron chi connectivity index (χ0n) is 15.9. The summed E-state index contributed by atoms with van der Waals surface area (Å²) in [6.07, 6.45) is -1.02. The van der Waals surface area contributed by atoms with E-state index in [1.54, 1.807) is 17.0 Å². The third-order valence-electron chi connectivity index (χ3n) is 4.98. The van der Waals surface area contributed by atoms with E-state index >= 15 is 0 Å². The smallest absolute Gasteiger partial charge is 0.251 e. The molecule has 1 amide bonds. The summed E-state index contributed by atoms with van der Waals surface area (Å²) in [5.74, 6) is 0.290. The molecular weight excluding hydrogens is 340 g/mol. The lowest BCUT2D eigenvalue weighted by Crippen LogP contribution is -2.54. The quantitative estimate of drug-likeness (QED) is 0.881. The van der Waals surface area contributed by atoms with Gasteiger partial charge < -0.3 is 14.7 Å². The highest BCUT2D eigenvalue weighted by Gasteiger charge is 2.42. The number of hydrogen-bond donors (Lipinski definition) is 1. The molecule has 0 radical (unpaired) electrons. The van der Waals surface area contributed by atoms with E-state index in [4.69, 9.17) is 4.74 Å². The Morgan fingerprint density at radius 1 is 1.07 bits per heavy atom. The molecule has 1 aliphatic heterocycles. The highest BCUT2D eigenvalue weighted by atomic mass is 16.5. The van der Waals surface area contributed by atoms with Crippen LogP contribution < -0.4 is 0 Å². The Hall–Kier alpha value is -2.66. The van der Waals surface area contributed by atoms with Crippen LogP contribution in [0.3, 0.4) is 0 Å². The summed E-state index contributed by atoms with van der Waals surface area (Å²) >= 11 is 0. The van der Waals surface area contributed by atoms with E-state index < -0.39 is 12.1 Å². The van der Waals surface area contributed by atoms with Crippen LogP contribution in [0.4, 0.5) is 0 Å². The standard InChI is InChI=1S/C22H26N2O3/c1-4-27-21-16(3)24(15(2)17-11-7-5-8-12-17)22(26)19(23-21)20(25)18-13-9-6-10-14-18/h5-16,19-20,25H,4H2,1-3H3/t15-,16+,19-,20+/m0/s1. The van der Waals surface area contributed by atoms with Gasteiger partial charge in [-0.25, -0.2) is 4.99 Å². The summed E-state index contributed by atoms with van der Waals surface area (Å²) in [5, 5.41) is 10.8. The number of carbonyl (C=O) groups excluding carboxylic acids is 1. The summed E-state index contributed by atoms with van der Waals surface area (Å²) < 4.78 is 5.72. The van der Waals surface area contributed by atoms with Crippen molar-refractivity contribution < 1.29 is 14.6 Å². The second-order valence-corrected chi connectivity index (χ2v) is 6.71. The molecule has 2 aromatic carbocycles. The Balaban J connectivity index is 1.97. The molecule has 1 heterocycles. The molecule has 2 aromatic rings. The van der Waals surface area contributed by atoms with E-state index in [-0.39, 0.29) is 18.0 Å². The van der Waals surface area contributed by atoms with Crippen molar-refractivity contribution in [3.63, 3.8) is 0 Å². The minimum Gasteiger partial charge on any atom is -0.480 e. The Kier molecular flexibility index (Phi) is 5.91. The highest BCUT2D eigenvalue weighted by Crippen LogP contribution is 2.31. The number of carbonyl (C=O) groups is 1. The SMILES string of the molecule is CCOC1=N[C@@H]([C@H](O)c2ccccc2)C(=O)N([C@@H](C)c2ccccc2)[C@@H]1C. The number of aliphatic hydroxyl groups is 1. The highest BCUT2D eigenvalue weighted by molar-refractivity contribution is 5.96. The van der Waals surface area contributed by atoms with Crippen LogP contribution in [0.2, 0.25) is 0 Å². The largest absolute Gasteiger partial charge is 0.480 e. The topological polar surface area (TPSA) is 62.1 Å². The van der Waals surface area contributed by atoms with Gasteiger partial charge in [-0.15, -0.1) is 0 Å². The molecule has 1 N–H and O–H groups in total. The Morgan fingerprint density at radius 3 is 2.19 bits per heavy atom. The van der Waals surface area contributed by atoms with Gasteiger partial charge in [0.05, 0.1) is 12.6 Å². The normalized spacial score (nSPS) is 22.1. The fraction of sp³-hybridized carbons (Fsp3) is 0.364. The molecule has 4 atom stereocenters. The number of ether oxygens (including phenoxy) is 1. The number of aliphatic hydroxyl groups excluding tert-OH is 1. The predicted molar refractivity (Wildman–Crippen MR) is 105 cm³/mol. The summed E-state index contributed by atoms with van der Waals surface area (Å²) in [6, 6.07) is 17.6. The van der Waals surface area contributed by atoms with Gasteiger partial charge in [-0.05, 0) is 31.9 Å². The van der Waals surface area contributed by atoms with Crippen molar-refractivity contribution in [1.82, 2.24) is 4.90 Å². The van der Waals surface area contributed by atoms with Crippen LogP contribution >= 0.6 is 0 Å². The van der Waals surface area contributed by atoms with Crippen molar-refractivity contribution in [2.24, 2.45) is 4.99 Å². The lowest BCUT2D eigenvalue weighted by molar-refractivity contribution is -0.140. The van der Waals surface area contributed by atoms with Crippen molar-refractivity contribution in [2.45, 2.75) is 45.0 Å². The van der Waals surface area contributed by atoms with Gasteiger partial charge in [-0.2, -0.15) is 0 Å². The van der Waals surface area contributed by atoms with Crippen molar-refractivity contribution in [2.75, 3.05) is 6.61 Å². The van der Waals surface area contributed by atoms with Crippen LogP contribution in [0, 0.1) is 0 Å². The molecule has 0 saturated carbocycles. The van der Waals surface area contributed by atoms with E-state index in [2.05, 4.69) is 4.99 Å². The zero-order valence-corrected chi connectivity index (χ0v) is 15.9. The molecule has 5 nitrogen and oxygen atoms in total. The van der Waals surface area contributed by atoms with Gasteiger partial charge in [0.2, 0.25) is 5.90 Å². The average molecular weight is 366 g/mol. The summed E-state index contributed by atoms with van der Waals surface area (Å²) in [7, 11) is 0. The third-order valence-corrected chi connectivity index (χ3v) is 4.98. The van der Waals surface area contributed by atoms with E-state index in [1.165, 1.54) is 0 Å². The predicted octanol–water partition coefficient (Wildman–Crippen LogP) is 3.52. The van der Waals surface area contributed by atoms with Crippen molar-refractivity contribution in [1.29, 1.82) is 0 Å². The first-order chi connectivity index (χ1) is 13.0. The molecule has 0 bridgehead atoms. The first-order valence-corrected chi connectivity index (χ1v) is 9.35. The van der Waals surface area contributed by atoms with E-state index in [1.807, 2.05) is 69.3 Å². The number of aliphatic imine (C=N–C) groups is 1. The van der Waals surface area contributed by atoms with E-state index in [0.717, 1.165) is 5.56 Å². The molecule has 27 heavy (non-hydrogen) atoms. The second kappa shape index (κ2) is 8.35. The van der Waals surface area contributed by atoms with Crippen LogP contribution in [-0.2, 0) is 9.53 Å². The molecule has 5 heteroatoms. The monoisotopic (exact) mass is 366 g/mol. The minimum absolute atomic E-state index is 0.162. The van der Waals surface area contributed by atoms with Gasteiger partial charge in [0, 0.05) is 0 Å². The van der Waals surface area contributed by atoms with Crippen LogP contribution in [0.15, 0.2) is 65.7 Å². The maximum Gasteiger partial charge on any atom is 0.251 e.